The first-order valence-electron chi connectivity index (χ1n) is 3.83. The zero-order chi connectivity index (χ0) is 9.84. The highest BCUT2D eigenvalue weighted by Crippen LogP contribution is 2.25. The van der Waals surface area contributed by atoms with E-state index >= 15 is 0 Å². The number of non-ortho nitro benzene ring substituents is 1. The van der Waals surface area contributed by atoms with Crippen LogP contribution in [0.15, 0.2) is 18.2 Å². The lowest BCUT2D eigenvalue weighted by molar-refractivity contribution is -0.384. The van der Waals surface area contributed by atoms with Gasteiger partial charge in [0.25, 0.3) is 5.69 Å². The molecular formula is C9H8N2O2. The summed E-state index contributed by atoms with van der Waals surface area (Å²) in [7, 11) is 0. The second-order valence-electron chi connectivity index (χ2n) is 2.54. The third-order valence-electron chi connectivity index (χ3n) is 1.78. The van der Waals surface area contributed by atoms with Crippen LogP contribution in [0.2, 0.25) is 0 Å². The lowest BCUT2D eigenvalue weighted by atomic mass is 10.1. The molecule has 1 aromatic carbocycles. The Morgan fingerprint density at radius 1 is 1.62 bits per heavy atom. The van der Waals surface area contributed by atoms with Crippen LogP contribution in [0.5, 0.6) is 0 Å². The number of nitrogens with zero attached hydrogens (tertiary/aromatic N) is 2. The van der Waals surface area contributed by atoms with Gasteiger partial charge in [0, 0.05) is 12.1 Å². The second-order valence-corrected chi connectivity index (χ2v) is 2.54. The van der Waals surface area contributed by atoms with Crippen molar-refractivity contribution in [3.8, 4) is 0 Å². The highest BCUT2D eigenvalue weighted by Gasteiger charge is 2.08. The summed E-state index contributed by atoms with van der Waals surface area (Å²) >= 11 is 0. The third kappa shape index (κ3) is 1.82. The number of nitro groups is 1. The van der Waals surface area contributed by atoms with E-state index in [0.29, 0.717) is 5.69 Å². The Morgan fingerprint density at radius 3 is 2.77 bits per heavy atom. The molecule has 1 rings (SSSR count). The van der Waals surface area contributed by atoms with Gasteiger partial charge in [-0.05, 0) is 12.0 Å². The van der Waals surface area contributed by atoms with Gasteiger partial charge in [0.15, 0.2) is 5.69 Å². The first-order chi connectivity index (χ1) is 6.19. The lowest BCUT2D eigenvalue weighted by Gasteiger charge is -1.98. The molecule has 0 aliphatic heterocycles. The number of rotatable bonds is 2. The summed E-state index contributed by atoms with van der Waals surface area (Å²) < 4.78 is 0. The molecule has 0 heterocycles. The first kappa shape index (κ1) is 9.20. The predicted molar refractivity (Wildman–Crippen MR) is 48.7 cm³/mol. The molecule has 0 bridgehead atoms. The van der Waals surface area contributed by atoms with Crippen molar-refractivity contribution in [2.45, 2.75) is 13.3 Å². The van der Waals surface area contributed by atoms with Crippen molar-refractivity contribution < 1.29 is 4.92 Å². The molecular weight excluding hydrogens is 168 g/mol. The molecule has 0 fully saturated rings. The molecule has 0 saturated heterocycles. The summed E-state index contributed by atoms with van der Waals surface area (Å²) in [6.45, 7) is 8.74. The Kier molecular flexibility index (Phi) is 2.60. The van der Waals surface area contributed by atoms with Crippen molar-refractivity contribution in [3.63, 3.8) is 0 Å². The van der Waals surface area contributed by atoms with Crippen LogP contribution in [-0.4, -0.2) is 4.92 Å². The van der Waals surface area contributed by atoms with Crippen molar-refractivity contribution in [3.05, 3.63) is 45.3 Å². The topological polar surface area (TPSA) is 47.5 Å². The Labute approximate surface area is 75.8 Å². The molecule has 13 heavy (non-hydrogen) atoms. The van der Waals surface area contributed by atoms with Crippen LogP contribution in [0.3, 0.4) is 0 Å². The maximum atomic E-state index is 10.4. The summed E-state index contributed by atoms with van der Waals surface area (Å²) in [4.78, 5) is 13.1. The van der Waals surface area contributed by atoms with Crippen LogP contribution in [0.25, 0.3) is 4.85 Å². The number of hydrogen-bond donors (Lipinski definition) is 0. The first-order valence-corrected chi connectivity index (χ1v) is 3.83. The average molecular weight is 176 g/mol. The highest BCUT2D eigenvalue weighted by atomic mass is 16.6. The predicted octanol–water partition coefficient (Wildman–Crippen LogP) is 2.71. The van der Waals surface area contributed by atoms with Crippen molar-refractivity contribution >= 4 is 11.4 Å². The normalized spacial score (nSPS) is 9.23. The molecule has 0 N–H and O–H groups in total. The molecule has 1 aromatic rings. The van der Waals surface area contributed by atoms with Gasteiger partial charge in [-0.1, -0.05) is 13.0 Å². The maximum absolute atomic E-state index is 10.4. The number of nitro benzene ring substituents is 1. The quantitative estimate of drug-likeness (QED) is 0.395. The summed E-state index contributed by atoms with van der Waals surface area (Å²) in [5.74, 6) is 0. The second kappa shape index (κ2) is 3.68. The van der Waals surface area contributed by atoms with Gasteiger partial charge in [-0.3, -0.25) is 10.1 Å². The van der Waals surface area contributed by atoms with Crippen LogP contribution >= 0.6 is 0 Å². The molecule has 0 radical (unpaired) electrons. The third-order valence-corrected chi connectivity index (χ3v) is 1.78. The van der Waals surface area contributed by atoms with Gasteiger partial charge in [-0.15, -0.1) is 0 Å². The fourth-order valence-corrected chi connectivity index (χ4v) is 1.07. The summed E-state index contributed by atoms with van der Waals surface area (Å²) in [5.41, 5.74) is 1.19. The average Bonchev–Trinajstić information content (AvgIpc) is 2.16. The summed E-state index contributed by atoms with van der Waals surface area (Å²) in [5, 5.41) is 10.4. The number of hydrogen-bond acceptors (Lipinski definition) is 2. The van der Waals surface area contributed by atoms with Gasteiger partial charge in [-0.2, -0.15) is 0 Å². The molecule has 4 nitrogen and oxygen atoms in total. The van der Waals surface area contributed by atoms with Gasteiger partial charge >= 0.3 is 0 Å². The number of aryl methyl sites for hydroxylation is 1. The Morgan fingerprint density at radius 2 is 2.31 bits per heavy atom. The fourth-order valence-electron chi connectivity index (χ4n) is 1.07. The molecule has 0 aliphatic rings. The summed E-state index contributed by atoms with van der Waals surface area (Å²) in [6, 6.07) is 4.37. The van der Waals surface area contributed by atoms with Gasteiger partial charge in [0.2, 0.25) is 0 Å². The Balaban J connectivity index is 3.23. The van der Waals surface area contributed by atoms with Crippen molar-refractivity contribution in [2.75, 3.05) is 0 Å². The molecule has 0 amide bonds. The van der Waals surface area contributed by atoms with Gasteiger partial charge in [-0.25, -0.2) is 4.85 Å². The minimum atomic E-state index is -0.492. The number of benzene rings is 1. The monoisotopic (exact) mass is 176 g/mol. The highest BCUT2D eigenvalue weighted by molar-refractivity contribution is 5.58. The molecule has 4 heteroatoms. The van der Waals surface area contributed by atoms with E-state index in [9.17, 15) is 10.1 Å². The van der Waals surface area contributed by atoms with E-state index in [4.69, 9.17) is 6.57 Å². The van der Waals surface area contributed by atoms with Crippen molar-refractivity contribution in [1.82, 2.24) is 0 Å². The van der Waals surface area contributed by atoms with E-state index in [-0.39, 0.29) is 5.69 Å². The van der Waals surface area contributed by atoms with E-state index in [1.165, 1.54) is 12.1 Å². The maximum Gasteiger partial charge on any atom is 0.259 e. The molecule has 0 spiro atoms. The zero-order valence-electron chi connectivity index (χ0n) is 7.15. The molecule has 0 aromatic heterocycles. The smallest absolute Gasteiger partial charge is 0.258 e. The van der Waals surface area contributed by atoms with Crippen LogP contribution < -0.4 is 0 Å². The Hall–Kier alpha value is -1.89. The zero-order valence-corrected chi connectivity index (χ0v) is 7.15. The largest absolute Gasteiger partial charge is 0.259 e. The van der Waals surface area contributed by atoms with Crippen LogP contribution in [-0.2, 0) is 6.42 Å². The van der Waals surface area contributed by atoms with E-state index in [1.54, 1.807) is 6.07 Å². The molecule has 66 valence electrons. The molecule has 0 aliphatic carbocycles. The molecule has 0 saturated carbocycles. The SMILES string of the molecule is [C-]#[N+]c1cc([N+](=O)[O-])ccc1CC. The molecule has 0 atom stereocenters. The van der Waals surface area contributed by atoms with E-state index in [0.717, 1.165) is 12.0 Å². The van der Waals surface area contributed by atoms with Crippen molar-refractivity contribution in [1.29, 1.82) is 0 Å². The summed E-state index contributed by atoms with van der Waals surface area (Å²) in [6.07, 6.45) is 0.718. The lowest BCUT2D eigenvalue weighted by Crippen LogP contribution is -1.88. The minimum Gasteiger partial charge on any atom is -0.258 e. The van der Waals surface area contributed by atoms with Crippen LogP contribution in [0.4, 0.5) is 11.4 Å². The van der Waals surface area contributed by atoms with E-state index in [2.05, 4.69) is 4.85 Å². The standard InChI is InChI=1S/C9H8N2O2/c1-3-7-4-5-8(11(12)13)6-9(7)10-2/h4-6H,3H2,1H3. The Bertz CT molecular complexity index is 380. The van der Waals surface area contributed by atoms with Gasteiger partial charge in [0.1, 0.15) is 0 Å². The van der Waals surface area contributed by atoms with Crippen molar-refractivity contribution in [2.24, 2.45) is 0 Å². The minimum absolute atomic E-state index is 0.0248. The fraction of sp³-hybridized carbons (Fsp3) is 0.222. The van der Waals surface area contributed by atoms with Crippen LogP contribution in [0.1, 0.15) is 12.5 Å². The van der Waals surface area contributed by atoms with Gasteiger partial charge < -0.3 is 0 Å². The molecule has 0 unspecified atom stereocenters. The van der Waals surface area contributed by atoms with E-state index in [1.807, 2.05) is 6.92 Å². The van der Waals surface area contributed by atoms with Crippen LogP contribution in [0, 0.1) is 16.7 Å². The van der Waals surface area contributed by atoms with E-state index < -0.39 is 4.92 Å². The van der Waals surface area contributed by atoms with Gasteiger partial charge in [0.05, 0.1) is 11.5 Å².